The predicted molar refractivity (Wildman–Crippen MR) is 117 cm³/mol. The fourth-order valence-corrected chi connectivity index (χ4v) is 4.21. The molecule has 0 saturated carbocycles. The highest BCUT2D eigenvalue weighted by atomic mass is 16.5. The lowest BCUT2D eigenvalue weighted by Gasteiger charge is -2.31. The minimum Gasteiger partial charge on any atom is -0.497 e. The number of carbonyl (C=O) groups excluding carboxylic acids is 1. The van der Waals surface area contributed by atoms with Gasteiger partial charge in [-0.1, -0.05) is 25.5 Å². The van der Waals surface area contributed by atoms with Crippen molar-refractivity contribution in [3.05, 3.63) is 65.1 Å². The number of oxazole rings is 1. The highest BCUT2D eigenvalue weighted by Gasteiger charge is 2.29. The zero-order chi connectivity index (χ0) is 21.8. The van der Waals surface area contributed by atoms with Gasteiger partial charge in [0.2, 0.25) is 0 Å². The molecule has 1 aliphatic heterocycles. The van der Waals surface area contributed by atoms with E-state index >= 15 is 0 Å². The smallest absolute Gasteiger partial charge is 0.272 e. The SMILES string of the molecule is CCCc1cc(C(=O)N2CCC[C@H](c3ncc(Cc4cccc(OC)c4)o3)C2)n(C)n1. The maximum atomic E-state index is 13.1. The van der Waals surface area contributed by atoms with Gasteiger partial charge >= 0.3 is 0 Å². The molecule has 4 rings (SSSR count). The van der Waals surface area contributed by atoms with Crippen LogP contribution in [0, 0.1) is 0 Å². The molecule has 1 fully saturated rings. The van der Waals surface area contributed by atoms with Gasteiger partial charge in [0.15, 0.2) is 5.89 Å². The number of nitrogens with zero attached hydrogens (tertiary/aromatic N) is 4. The Hall–Kier alpha value is -3.09. The second kappa shape index (κ2) is 9.37. The van der Waals surface area contributed by atoms with Gasteiger partial charge in [0.1, 0.15) is 17.2 Å². The number of hydrogen-bond acceptors (Lipinski definition) is 5. The van der Waals surface area contributed by atoms with Crippen molar-refractivity contribution in [2.75, 3.05) is 20.2 Å². The summed E-state index contributed by atoms with van der Waals surface area (Å²) >= 11 is 0. The molecule has 31 heavy (non-hydrogen) atoms. The number of benzene rings is 1. The maximum Gasteiger partial charge on any atom is 0.272 e. The van der Waals surface area contributed by atoms with Gasteiger partial charge in [-0.2, -0.15) is 5.10 Å². The molecule has 2 aromatic heterocycles. The van der Waals surface area contributed by atoms with Crippen LogP contribution in [-0.4, -0.2) is 45.8 Å². The summed E-state index contributed by atoms with van der Waals surface area (Å²) in [6, 6.07) is 9.87. The van der Waals surface area contributed by atoms with Gasteiger partial charge in [-0.05, 0) is 43.0 Å². The van der Waals surface area contributed by atoms with E-state index < -0.39 is 0 Å². The van der Waals surface area contributed by atoms with Crippen molar-refractivity contribution >= 4 is 5.91 Å². The van der Waals surface area contributed by atoms with Crippen molar-refractivity contribution < 1.29 is 13.9 Å². The van der Waals surface area contributed by atoms with Crippen LogP contribution in [-0.2, 0) is 19.9 Å². The molecule has 0 bridgehead atoms. The Morgan fingerprint density at radius 3 is 3.00 bits per heavy atom. The van der Waals surface area contributed by atoms with Gasteiger partial charge in [-0.15, -0.1) is 0 Å². The fraction of sp³-hybridized carbons (Fsp3) is 0.458. The molecule has 0 spiro atoms. The Labute approximate surface area is 183 Å². The average molecular weight is 423 g/mol. The van der Waals surface area contributed by atoms with E-state index in [4.69, 9.17) is 9.15 Å². The Morgan fingerprint density at radius 1 is 1.32 bits per heavy atom. The molecule has 1 atom stereocenters. The Kier molecular flexibility index (Phi) is 6.39. The number of amides is 1. The van der Waals surface area contributed by atoms with Crippen LogP contribution in [0.3, 0.4) is 0 Å². The first kappa shape index (κ1) is 21.2. The lowest BCUT2D eigenvalue weighted by atomic mass is 9.97. The monoisotopic (exact) mass is 422 g/mol. The van der Waals surface area contributed by atoms with Crippen LogP contribution in [0.15, 0.2) is 40.9 Å². The summed E-state index contributed by atoms with van der Waals surface area (Å²) in [5, 5.41) is 4.48. The number of likely N-dealkylation sites (tertiary alicyclic amines) is 1. The average Bonchev–Trinajstić information content (AvgIpc) is 3.40. The Morgan fingerprint density at radius 2 is 2.19 bits per heavy atom. The number of methoxy groups -OCH3 is 1. The summed E-state index contributed by atoms with van der Waals surface area (Å²) in [5.41, 5.74) is 2.73. The van der Waals surface area contributed by atoms with E-state index in [1.165, 1.54) is 0 Å². The van der Waals surface area contributed by atoms with Gasteiger partial charge in [-0.25, -0.2) is 4.98 Å². The molecule has 1 saturated heterocycles. The van der Waals surface area contributed by atoms with Crippen molar-refractivity contribution in [2.24, 2.45) is 7.05 Å². The topological polar surface area (TPSA) is 73.4 Å². The van der Waals surface area contributed by atoms with Crippen LogP contribution >= 0.6 is 0 Å². The Bertz CT molecular complexity index is 1040. The van der Waals surface area contributed by atoms with Crippen molar-refractivity contribution in [2.45, 2.75) is 44.9 Å². The van der Waals surface area contributed by atoms with Crippen molar-refractivity contribution in [1.29, 1.82) is 0 Å². The summed E-state index contributed by atoms with van der Waals surface area (Å²) in [6.45, 7) is 3.48. The van der Waals surface area contributed by atoms with E-state index in [2.05, 4.69) is 17.0 Å². The van der Waals surface area contributed by atoms with Crippen molar-refractivity contribution in [1.82, 2.24) is 19.7 Å². The van der Waals surface area contributed by atoms with Crippen LogP contribution < -0.4 is 4.74 Å². The molecular weight excluding hydrogens is 392 g/mol. The van der Waals surface area contributed by atoms with Gasteiger partial charge in [0.05, 0.1) is 24.9 Å². The zero-order valence-corrected chi connectivity index (χ0v) is 18.5. The molecule has 0 N–H and O–H groups in total. The Balaban J connectivity index is 1.43. The highest BCUT2D eigenvalue weighted by Crippen LogP contribution is 2.28. The number of aryl methyl sites for hydroxylation is 2. The zero-order valence-electron chi connectivity index (χ0n) is 18.5. The molecule has 3 heterocycles. The first-order valence-electron chi connectivity index (χ1n) is 11.0. The van der Waals surface area contributed by atoms with E-state index in [1.807, 2.05) is 42.3 Å². The third-order valence-corrected chi connectivity index (χ3v) is 5.80. The summed E-state index contributed by atoms with van der Waals surface area (Å²) in [4.78, 5) is 19.6. The fourth-order valence-electron chi connectivity index (χ4n) is 4.21. The number of hydrogen-bond donors (Lipinski definition) is 0. The molecule has 0 radical (unpaired) electrons. The molecule has 1 aliphatic rings. The lowest BCUT2D eigenvalue weighted by Crippen LogP contribution is -2.40. The van der Waals surface area contributed by atoms with E-state index in [1.54, 1.807) is 18.0 Å². The second-order valence-corrected chi connectivity index (χ2v) is 8.18. The number of rotatable bonds is 7. The summed E-state index contributed by atoms with van der Waals surface area (Å²) in [7, 11) is 3.50. The summed E-state index contributed by atoms with van der Waals surface area (Å²) in [5.74, 6) is 2.51. The third-order valence-electron chi connectivity index (χ3n) is 5.80. The minimum atomic E-state index is 0.0326. The largest absolute Gasteiger partial charge is 0.497 e. The number of carbonyl (C=O) groups is 1. The van der Waals surface area contributed by atoms with Gasteiger partial charge in [0.25, 0.3) is 5.91 Å². The first-order chi connectivity index (χ1) is 15.1. The van der Waals surface area contributed by atoms with Gasteiger partial charge in [-0.3, -0.25) is 9.48 Å². The third kappa shape index (κ3) is 4.81. The van der Waals surface area contributed by atoms with Crippen molar-refractivity contribution in [3.8, 4) is 5.75 Å². The molecule has 1 aromatic carbocycles. The standard InChI is InChI=1S/C24H30N4O3/c1-4-7-19-14-22(27(2)26-19)24(29)28-11-6-9-18(16-28)23-25-15-21(31-23)13-17-8-5-10-20(12-17)30-3/h5,8,10,12,14-15,18H,4,6-7,9,11,13,16H2,1-3H3/t18-/m0/s1. The van der Waals surface area contributed by atoms with Crippen LogP contribution in [0.4, 0.5) is 0 Å². The van der Waals surface area contributed by atoms with E-state index in [9.17, 15) is 4.79 Å². The molecular formula is C24H30N4O3. The molecule has 7 nitrogen and oxygen atoms in total. The molecule has 3 aromatic rings. The van der Waals surface area contributed by atoms with Crippen LogP contribution in [0.1, 0.15) is 65.5 Å². The minimum absolute atomic E-state index is 0.0326. The molecule has 0 unspecified atom stereocenters. The number of aromatic nitrogens is 3. The number of ether oxygens (including phenoxy) is 1. The predicted octanol–water partition coefficient (Wildman–Crippen LogP) is 3.98. The molecule has 0 aliphatic carbocycles. The van der Waals surface area contributed by atoms with Crippen LogP contribution in [0.5, 0.6) is 5.75 Å². The van der Waals surface area contributed by atoms with E-state index in [-0.39, 0.29) is 11.8 Å². The second-order valence-electron chi connectivity index (χ2n) is 8.18. The van der Waals surface area contributed by atoms with Crippen molar-refractivity contribution in [3.63, 3.8) is 0 Å². The quantitative estimate of drug-likeness (QED) is 0.576. The maximum absolute atomic E-state index is 13.1. The summed E-state index contributed by atoms with van der Waals surface area (Å²) < 4.78 is 13.1. The normalized spacial score (nSPS) is 16.5. The highest BCUT2D eigenvalue weighted by molar-refractivity contribution is 5.92. The molecule has 7 heteroatoms. The first-order valence-corrected chi connectivity index (χ1v) is 11.0. The van der Waals surface area contributed by atoms with Gasteiger partial charge in [0, 0.05) is 26.6 Å². The lowest BCUT2D eigenvalue weighted by molar-refractivity contribution is 0.0686. The van der Waals surface area contributed by atoms with Crippen LogP contribution in [0.25, 0.3) is 0 Å². The van der Waals surface area contributed by atoms with E-state index in [0.717, 1.165) is 55.0 Å². The van der Waals surface area contributed by atoms with Crippen LogP contribution in [0.2, 0.25) is 0 Å². The molecule has 1 amide bonds. The molecule has 164 valence electrons. The summed E-state index contributed by atoms with van der Waals surface area (Å²) in [6.07, 6.45) is 6.26. The van der Waals surface area contributed by atoms with E-state index in [0.29, 0.717) is 24.6 Å². The van der Waals surface area contributed by atoms with Gasteiger partial charge < -0.3 is 14.1 Å². The number of piperidine rings is 1.